The van der Waals surface area contributed by atoms with Crippen LogP contribution in [0.5, 0.6) is 5.75 Å². The summed E-state index contributed by atoms with van der Waals surface area (Å²) in [6.07, 6.45) is 4.85. The van der Waals surface area contributed by atoms with E-state index >= 15 is 0 Å². The maximum atomic E-state index is 13.7. The van der Waals surface area contributed by atoms with E-state index in [0.29, 0.717) is 24.9 Å². The first kappa shape index (κ1) is 34.4. The van der Waals surface area contributed by atoms with Crippen LogP contribution in [0.1, 0.15) is 55.5 Å². The van der Waals surface area contributed by atoms with E-state index in [2.05, 4.69) is 46.3 Å². The molecule has 0 unspecified atom stereocenters. The second-order valence-corrected chi connectivity index (χ2v) is 13.0. The van der Waals surface area contributed by atoms with Gasteiger partial charge < -0.3 is 19.9 Å². The molecule has 1 atom stereocenters. The molecule has 10 nitrogen and oxygen atoms in total. The number of nitrogens with one attached hydrogen (secondary N) is 1. The molecule has 3 N–H and O–H groups in total. The van der Waals surface area contributed by atoms with Crippen molar-refractivity contribution < 1.29 is 33.0 Å². The van der Waals surface area contributed by atoms with Crippen molar-refractivity contribution in [3.05, 3.63) is 108 Å². The molecule has 1 aliphatic rings. The average Bonchev–Trinajstić information content (AvgIpc) is 3.41. The number of benzene rings is 3. The van der Waals surface area contributed by atoms with Crippen LogP contribution in [0.25, 0.3) is 11.3 Å². The predicted octanol–water partition coefficient (Wildman–Crippen LogP) is 6.17. The molecule has 2 heterocycles. The zero-order valence-corrected chi connectivity index (χ0v) is 26.9. The van der Waals surface area contributed by atoms with Crippen molar-refractivity contribution in [3.8, 4) is 17.0 Å². The Labute approximate surface area is 270 Å². The SMILES string of the molecule is CCN(Cc1ccccc1)S(=O)(=O)c1ccc(OC)c(-c2ccc(CN3CCCCC[C@H]3c3ccccc3)[nH]2)c1.O=C(O)C(=O)O. The van der Waals surface area contributed by atoms with Gasteiger partial charge in [0.15, 0.2) is 0 Å². The second kappa shape index (κ2) is 16.2. The number of sulfonamides is 1. The van der Waals surface area contributed by atoms with Crippen LogP contribution in [0.4, 0.5) is 0 Å². The molecule has 3 aromatic carbocycles. The molecule has 0 spiro atoms. The number of hydrogen-bond donors (Lipinski definition) is 3. The molecule has 0 radical (unpaired) electrons. The van der Waals surface area contributed by atoms with E-state index in [1.165, 1.54) is 29.1 Å². The number of ether oxygens (including phenoxy) is 1. The Morgan fingerprint density at radius 3 is 2.22 bits per heavy atom. The highest BCUT2D eigenvalue weighted by Gasteiger charge is 2.26. The van der Waals surface area contributed by atoms with Gasteiger partial charge in [0.05, 0.1) is 12.0 Å². The number of nitrogens with zero attached hydrogens (tertiary/aromatic N) is 2. The Morgan fingerprint density at radius 1 is 0.913 bits per heavy atom. The Bertz CT molecular complexity index is 1680. The lowest BCUT2D eigenvalue weighted by Gasteiger charge is -2.30. The molecular weight excluding hydrogens is 606 g/mol. The summed E-state index contributed by atoms with van der Waals surface area (Å²) in [6.45, 7) is 4.43. The molecule has 244 valence electrons. The lowest BCUT2D eigenvalue weighted by molar-refractivity contribution is -0.159. The maximum Gasteiger partial charge on any atom is 0.414 e. The lowest BCUT2D eigenvalue weighted by Crippen LogP contribution is -2.30. The van der Waals surface area contributed by atoms with E-state index in [0.717, 1.165) is 42.0 Å². The number of carboxylic acids is 2. The van der Waals surface area contributed by atoms with Crippen LogP contribution in [0.3, 0.4) is 0 Å². The molecule has 0 bridgehead atoms. The molecule has 1 aliphatic heterocycles. The number of rotatable bonds is 10. The number of aliphatic carboxylic acids is 2. The molecule has 1 saturated heterocycles. The first-order valence-corrected chi connectivity index (χ1v) is 16.7. The molecule has 0 aliphatic carbocycles. The number of aromatic amines is 1. The van der Waals surface area contributed by atoms with Crippen molar-refractivity contribution in [2.45, 2.75) is 56.6 Å². The minimum Gasteiger partial charge on any atom is -0.496 e. The number of hydrogen-bond acceptors (Lipinski definition) is 6. The second-order valence-electron chi connectivity index (χ2n) is 11.0. The first-order valence-electron chi connectivity index (χ1n) is 15.3. The zero-order chi connectivity index (χ0) is 33.1. The highest BCUT2D eigenvalue weighted by atomic mass is 32.2. The van der Waals surface area contributed by atoms with Crippen LogP contribution in [-0.2, 0) is 32.7 Å². The Morgan fingerprint density at radius 2 is 1.59 bits per heavy atom. The molecule has 46 heavy (non-hydrogen) atoms. The van der Waals surface area contributed by atoms with Gasteiger partial charge in [0, 0.05) is 42.6 Å². The van der Waals surface area contributed by atoms with Gasteiger partial charge in [0.2, 0.25) is 10.0 Å². The van der Waals surface area contributed by atoms with Gasteiger partial charge in [-0.3, -0.25) is 4.90 Å². The topological polar surface area (TPSA) is 140 Å². The fourth-order valence-electron chi connectivity index (χ4n) is 5.68. The van der Waals surface area contributed by atoms with Crippen LogP contribution in [0, 0.1) is 0 Å². The van der Waals surface area contributed by atoms with Gasteiger partial charge in [-0.2, -0.15) is 4.31 Å². The fourth-order valence-corrected chi connectivity index (χ4v) is 7.14. The molecule has 1 fully saturated rings. The van der Waals surface area contributed by atoms with Gasteiger partial charge in [0.25, 0.3) is 0 Å². The third-order valence-electron chi connectivity index (χ3n) is 8.00. The van der Waals surface area contributed by atoms with Gasteiger partial charge in [0.1, 0.15) is 5.75 Å². The maximum absolute atomic E-state index is 13.7. The van der Waals surface area contributed by atoms with Gasteiger partial charge in [-0.05, 0) is 60.8 Å². The minimum atomic E-state index is -3.71. The third kappa shape index (κ3) is 8.84. The summed E-state index contributed by atoms with van der Waals surface area (Å²) in [5.74, 6) is -3.01. The monoisotopic (exact) mass is 647 g/mol. The highest BCUT2D eigenvalue weighted by molar-refractivity contribution is 7.89. The summed E-state index contributed by atoms with van der Waals surface area (Å²) in [6, 6.07) is 30.1. The summed E-state index contributed by atoms with van der Waals surface area (Å²) in [5, 5.41) is 14.8. The molecule has 0 saturated carbocycles. The number of aromatic nitrogens is 1. The van der Waals surface area contributed by atoms with E-state index in [9.17, 15) is 8.42 Å². The van der Waals surface area contributed by atoms with Crippen molar-refractivity contribution in [1.29, 1.82) is 0 Å². The van der Waals surface area contributed by atoms with Crippen molar-refractivity contribution in [2.75, 3.05) is 20.2 Å². The quantitative estimate of drug-likeness (QED) is 0.174. The molecule has 0 amide bonds. The lowest BCUT2D eigenvalue weighted by atomic mass is 10.0. The zero-order valence-electron chi connectivity index (χ0n) is 26.1. The van der Waals surface area contributed by atoms with Crippen molar-refractivity contribution in [1.82, 2.24) is 14.2 Å². The largest absolute Gasteiger partial charge is 0.496 e. The molecule has 11 heteroatoms. The Balaban J connectivity index is 0.000000731. The summed E-state index contributed by atoms with van der Waals surface area (Å²) in [5.41, 5.74) is 5.01. The molecular formula is C35H41N3O7S. The summed E-state index contributed by atoms with van der Waals surface area (Å²) in [7, 11) is -2.09. The normalized spacial score (nSPS) is 15.4. The molecule has 5 rings (SSSR count). The predicted molar refractivity (Wildman–Crippen MR) is 176 cm³/mol. The van der Waals surface area contributed by atoms with Crippen LogP contribution in [0.2, 0.25) is 0 Å². The molecule has 1 aromatic heterocycles. The van der Waals surface area contributed by atoms with Crippen LogP contribution in [0.15, 0.2) is 95.9 Å². The number of methoxy groups -OCH3 is 1. The van der Waals surface area contributed by atoms with Crippen molar-refractivity contribution >= 4 is 22.0 Å². The summed E-state index contributed by atoms with van der Waals surface area (Å²) in [4.78, 5) is 24.6. The highest BCUT2D eigenvalue weighted by Crippen LogP contribution is 2.35. The number of H-pyrrole nitrogens is 1. The number of likely N-dealkylation sites (tertiary alicyclic amines) is 1. The van der Waals surface area contributed by atoms with Gasteiger partial charge in [-0.1, -0.05) is 80.4 Å². The number of carbonyl (C=O) groups is 2. The summed E-state index contributed by atoms with van der Waals surface area (Å²) < 4.78 is 34.6. The minimum absolute atomic E-state index is 0.258. The van der Waals surface area contributed by atoms with Crippen molar-refractivity contribution in [3.63, 3.8) is 0 Å². The van der Waals surface area contributed by atoms with Gasteiger partial charge >= 0.3 is 11.9 Å². The third-order valence-corrected chi connectivity index (χ3v) is 9.92. The van der Waals surface area contributed by atoms with Crippen LogP contribution >= 0.6 is 0 Å². The van der Waals surface area contributed by atoms with E-state index in [-0.39, 0.29) is 4.90 Å². The Kier molecular flexibility index (Phi) is 12.1. The van der Waals surface area contributed by atoms with Gasteiger partial charge in [-0.15, -0.1) is 0 Å². The van der Waals surface area contributed by atoms with Crippen LogP contribution < -0.4 is 4.74 Å². The van der Waals surface area contributed by atoms with E-state index in [4.69, 9.17) is 24.5 Å². The Hall–Kier alpha value is -4.45. The van der Waals surface area contributed by atoms with Crippen molar-refractivity contribution in [2.24, 2.45) is 0 Å². The number of carboxylic acid groups (broad SMARTS) is 2. The summed E-state index contributed by atoms with van der Waals surface area (Å²) >= 11 is 0. The molecule has 4 aromatic rings. The van der Waals surface area contributed by atoms with E-state index < -0.39 is 22.0 Å². The smallest absolute Gasteiger partial charge is 0.414 e. The standard InChI is InChI=1S/C33H39N3O3S.C2H2O4/c1-3-36(24-26-13-7-4-8-14-26)40(37,38)29-19-21-33(39-2)30(23-29)31-20-18-28(34-31)25-35-22-12-6-11-17-32(35)27-15-9-5-10-16-27;3-1(4)2(5)6/h4-5,7-10,13-16,18-21,23,32,34H,3,6,11-12,17,22,24-25H2,1-2H3;(H,3,4)(H,5,6)/t32-;/m0./s1. The fraction of sp³-hybridized carbons (Fsp3) is 0.314. The van der Waals surface area contributed by atoms with E-state index in [1.54, 1.807) is 25.3 Å². The van der Waals surface area contributed by atoms with Gasteiger partial charge in [-0.25, -0.2) is 18.0 Å². The van der Waals surface area contributed by atoms with Crippen LogP contribution in [-0.4, -0.2) is 65.0 Å². The average molecular weight is 648 g/mol. The van der Waals surface area contributed by atoms with E-state index in [1.807, 2.05) is 43.3 Å². The first-order chi connectivity index (χ1) is 22.1.